The zero-order chi connectivity index (χ0) is 15.9. The Morgan fingerprint density at radius 1 is 1.36 bits per heavy atom. The fourth-order valence-electron chi connectivity index (χ4n) is 2.28. The number of carbonyl (C=O) groups is 1. The van der Waals surface area contributed by atoms with E-state index in [1.165, 1.54) is 5.56 Å². The molecule has 6 heteroatoms. The molecule has 118 valence electrons. The van der Waals surface area contributed by atoms with Crippen LogP contribution in [0.2, 0.25) is 0 Å². The molecule has 22 heavy (non-hydrogen) atoms. The van der Waals surface area contributed by atoms with Gasteiger partial charge in [-0.3, -0.25) is 4.79 Å². The maximum absolute atomic E-state index is 12.1. The molecule has 0 radical (unpaired) electrons. The molecule has 6 nitrogen and oxygen atoms in total. The van der Waals surface area contributed by atoms with E-state index in [9.17, 15) is 9.90 Å². The van der Waals surface area contributed by atoms with Gasteiger partial charge in [0.15, 0.2) is 0 Å². The number of carbonyl (C=O) groups excluding carboxylic acids is 1. The molecule has 0 aliphatic carbocycles. The highest BCUT2D eigenvalue weighted by Gasteiger charge is 2.14. The van der Waals surface area contributed by atoms with Crippen molar-refractivity contribution in [2.45, 2.75) is 32.2 Å². The van der Waals surface area contributed by atoms with Crippen LogP contribution in [0.15, 0.2) is 30.6 Å². The molecule has 0 aliphatic heterocycles. The summed E-state index contributed by atoms with van der Waals surface area (Å²) in [5, 5.41) is 19.9. The molecule has 2 N–H and O–H groups in total. The minimum atomic E-state index is -0.169. The molecule has 1 amide bonds. The van der Waals surface area contributed by atoms with E-state index < -0.39 is 0 Å². The number of aliphatic hydroxyl groups excluding tert-OH is 1. The van der Waals surface area contributed by atoms with Crippen molar-refractivity contribution in [2.24, 2.45) is 7.05 Å². The minimum absolute atomic E-state index is 0.0299. The molecular formula is C16H22N4O2. The predicted molar refractivity (Wildman–Crippen MR) is 83.1 cm³/mol. The van der Waals surface area contributed by atoms with E-state index >= 15 is 0 Å². The molecule has 0 saturated carbocycles. The first-order chi connectivity index (χ1) is 10.6. The molecule has 1 aromatic heterocycles. The highest BCUT2D eigenvalue weighted by Crippen LogP contribution is 2.17. The third kappa shape index (κ3) is 4.39. The lowest BCUT2D eigenvalue weighted by Gasteiger charge is -2.18. The summed E-state index contributed by atoms with van der Waals surface area (Å²) in [4.78, 5) is 12.1. The monoisotopic (exact) mass is 302 g/mol. The molecule has 1 aromatic carbocycles. The Bertz CT molecular complexity index is 607. The normalized spacial score (nSPS) is 12.1. The van der Waals surface area contributed by atoms with Gasteiger partial charge >= 0.3 is 0 Å². The predicted octanol–water partition coefficient (Wildman–Crippen LogP) is 1.30. The van der Waals surface area contributed by atoms with Crippen molar-refractivity contribution in [3.63, 3.8) is 0 Å². The Morgan fingerprint density at radius 2 is 2.09 bits per heavy atom. The lowest BCUT2D eigenvalue weighted by atomic mass is 10.0. The van der Waals surface area contributed by atoms with Crippen LogP contribution in [0.25, 0.3) is 0 Å². The number of benzene rings is 1. The molecule has 2 rings (SSSR count). The van der Waals surface area contributed by atoms with Gasteiger partial charge in [-0.05, 0) is 18.9 Å². The van der Waals surface area contributed by atoms with E-state index in [1.807, 2.05) is 38.2 Å². The molecule has 0 spiro atoms. The number of rotatable bonds is 7. The Hall–Kier alpha value is -2.21. The Morgan fingerprint density at radius 3 is 2.68 bits per heavy atom. The van der Waals surface area contributed by atoms with Gasteiger partial charge in [0.25, 0.3) is 0 Å². The van der Waals surface area contributed by atoms with Crippen molar-refractivity contribution in [3.05, 3.63) is 47.5 Å². The average Bonchev–Trinajstić information content (AvgIpc) is 2.91. The topological polar surface area (TPSA) is 80.0 Å². The number of hydrogen-bond donors (Lipinski definition) is 2. The van der Waals surface area contributed by atoms with Crippen LogP contribution in [0.4, 0.5) is 0 Å². The van der Waals surface area contributed by atoms with Crippen LogP contribution < -0.4 is 5.32 Å². The van der Waals surface area contributed by atoms with Crippen molar-refractivity contribution in [2.75, 3.05) is 6.61 Å². The molecule has 0 unspecified atom stereocenters. The number of aromatic nitrogens is 3. The first-order valence-corrected chi connectivity index (χ1v) is 7.40. The van der Waals surface area contributed by atoms with Gasteiger partial charge in [-0.2, -0.15) is 0 Å². The molecule has 0 fully saturated rings. The number of aryl methyl sites for hydroxylation is 3. The number of nitrogens with zero attached hydrogens (tertiary/aromatic N) is 3. The van der Waals surface area contributed by atoms with Crippen LogP contribution in [-0.2, 0) is 18.3 Å². The largest absolute Gasteiger partial charge is 0.396 e. The Balaban J connectivity index is 1.94. The van der Waals surface area contributed by atoms with Crippen LogP contribution >= 0.6 is 0 Å². The number of hydrogen-bond acceptors (Lipinski definition) is 4. The van der Waals surface area contributed by atoms with E-state index in [1.54, 1.807) is 10.9 Å². The first kappa shape index (κ1) is 16.2. The second-order valence-corrected chi connectivity index (χ2v) is 5.40. The van der Waals surface area contributed by atoms with Crippen molar-refractivity contribution < 1.29 is 9.90 Å². The summed E-state index contributed by atoms with van der Waals surface area (Å²) in [5.41, 5.74) is 2.17. The quantitative estimate of drug-likeness (QED) is 0.808. The summed E-state index contributed by atoms with van der Waals surface area (Å²) in [6.45, 7) is 2.05. The zero-order valence-corrected chi connectivity index (χ0v) is 13.0. The van der Waals surface area contributed by atoms with Crippen molar-refractivity contribution >= 4 is 5.91 Å². The smallest absolute Gasteiger partial charge is 0.220 e. The number of amides is 1. The molecule has 0 saturated heterocycles. The van der Waals surface area contributed by atoms with Gasteiger partial charge in [-0.25, -0.2) is 0 Å². The van der Waals surface area contributed by atoms with Crippen LogP contribution in [0.5, 0.6) is 0 Å². The molecule has 0 bridgehead atoms. The van der Waals surface area contributed by atoms with Gasteiger partial charge in [0.05, 0.1) is 6.04 Å². The minimum Gasteiger partial charge on any atom is -0.396 e. The molecule has 2 aromatic rings. The standard InChI is InChI=1S/C16H22N4O2/c1-12-3-5-13(6-4-12)14(9-10-21)18-16(22)8-7-15-19-17-11-20(15)2/h3-6,11,14,21H,7-10H2,1-2H3,(H,18,22)/t14-/m0/s1. The van der Waals surface area contributed by atoms with Gasteiger partial charge in [0.2, 0.25) is 5.91 Å². The summed E-state index contributed by atoms with van der Waals surface area (Å²) in [6, 6.07) is 7.81. The van der Waals surface area contributed by atoms with Crippen molar-refractivity contribution in [1.82, 2.24) is 20.1 Å². The maximum Gasteiger partial charge on any atom is 0.220 e. The van der Waals surface area contributed by atoms with E-state index in [-0.39, 0.29) is 18.6 Å². The number of aliphatic hydroxyl groups is 1. The second-order valence-electron chi connectivity index (χ2n) is 5.40. The van der Waals surface area contributed by atoms with E-state index in [2.05, 4.69) is 15.5 Å². The van der Waals surface area contributed by atoms with E-state index in [0.717, 1.165) is 11.4 Å². The molecule has 0 aliphatic rings. The highest BCUT2D eigenvalue weighted by atomic mass is 16.3. The van der Waals surface area contributed by atoms with Gasteiger partial charge in [0, 0.05) is 26.5 Å². The number of nitrogens with one attached hydrogen (secondary N) is 1. The van der Waals surface area contributed by atoms with Gasteiger partial charge in [0.1, 0.15) is 12.2 Å². The fourth-order valence-corrected chi connectivity index (χ4v) is 2.28. The summed E-state index contributed by atoms with van der Waals surface area (Å²) in [5.74, 6) is 0.728. The van der Waals surface area contributed by atoms with Crippen molar-refractivity contribution in [3.8, 4) is 0 Å². The SMILES string of the molecule is Cc1ccc([C@H](CCO)NC(=O)CCc2nncn2C)cc1. The summed E-state index contributed by atoms with van der Waals surface area (Å²) < 4.78 is 1.80. The highest BCUT2D eigenvalue weighted by molar-refractivity contribution is 5.76. The summed E-state index contributed by atoms with van der Waals surface area (Å²) >= 11 is 0. The fraction of sp³-hybridized carbons (Fsp3) is 0.438. The molecule has 1 heterocycles. The van der Waals surface area contributed by atoms with E-state index in [0.29, 0.717) is 19.3 Å². The van der Waals surface area contributed by atoms with Crippen LogP contribution in [0, 0.1) is 6.92 Å². The maximum atomic E-state index is 12.1. The van der Waals surface area contributed by atoms with Crippen LogP contribution in [0.3, 0.4) is 0 Å². The Labute approximate surface area is 130 Å². The summed E-state index contributed by atoms with van der Waals surface area (Å²) in [7, 11) is 1.86. The van der Waals surface area contributed by atoms with Gasteiger partial charge in [-0.1, -0.05) is 29.8 Å². The van der Waals surface area contributed by atoms with Crippen LogP contribution in [0.1, 0.15) is 35.8 Å². The lowest BCUT2D eigenvalue weighted by Crippen LogP contribution is -2.29. The lowest BCUT2D eigenvalue weighted by molar-refractivity contribution is -0.121. The van der Waals surface area contributed by atoms with E-state index in [4.69, 9.17) is 0 Å². The van der Waals surface area contributed by atoms with Crippen LogP contribution in [-0.4, -0.2) is 32.4 Å². The third-order valence-electron chi connectivity index (χ3n) is 3.61. The first-order valence-electron chi connectivity index (χ1n) is 7.40. The molecule has 1 atom stereocenters. The average molecular weight is 302 g/mol. The third-order valence-corrected chi connectivity index (χ3v) is 3.61. The summed E-state index contributed by atoms with van der Waals surface area (Å²) in [6.07, 6.45) is 3.01. The van der Waals surface area contributed by atoms with Crippen molar-refractivity contribution in [1.29, 1.82) is 0 Å². The second kappa shape index (κ2) is 7.70. The van der Waals surface area contributed by atoms with Gasteiger partial charge in [-0.15, -0.1) is 10.2 Å². The van der Waals surface area contributed by atoms with Gasteiger partial charge < -0.3 is 15.0 Å². The molecular weight excluding hydrogens is 280 g/mol. The zero-order valence-electron chi connectivity index (χ0n) is 13.0. The Kier molecular flexibility index (Phi) is 5.66.